The maximum Gasteiger partial charge on any atom is 0.0214 e. The highest BCUT2D eigenvalue weighted by molar-refractivity contribution is 4.95. The minimum absolute atomic E-state index is 0.861. The highest BCUT2D eigenvalue weighted by Gasteiger charge is 2.07. The minimum atomic E-state index is 0.861. The van der Waals surface area contributed by atoms with Crippen LogP contribution in [0, 0.1) is 17.8 Å². The second-order valence-electron chi connectivity index (χ2n) is 3.53. The zero-order chi connectivity index (χ0) is 9.36. The summed E-state index contributed by atoms with van der Waals surface area (Å²) in [6.45, 7) is 4.10. The average Bonchev–Trinajstić information content (AvgIpc) is 2.19. The largest absolute Gasteiger partial charge is 0.315 e. The van der Waals surface area contributed by atoms with Crippen LogP contribution < -0.4 is 5.32 Å². The molecule has 1 heteroatoms. The van der Waals surface area contributed by atoms with Gasteiger partial charge in [-0.3, -0.25) is 0 Å². The molecule has 0 heterocycles. The van der Waals surface area contributed by atoms with Crippen LogP contribution in [0.1, 0.15) is 32.6 Å². The van der Waals surface area contributed by atoms with Gasteiger partial charge in [0.25, 0.3) is 0 Å². The first kappa shape index (κ1) is 10.3. The van der Waals surface area contributed by atoms with Crippen LogP contribution in [0.4, 0.5) is 0 Å². The van der Waals surface area contributed by atoms with E-state index in [0.717, 1.165) is 25.4 Å². The summed E-state index contributed by atoms with van der Waals surface area (Å²) >= 11 is 0. The van der Waals surface area contributed by atoms with E-state index in [1.54, 1.807) is 0 Å². The Bertz CT molecular complexity index is 207. The molecule has 0 spiro atoms. The van der Waals surface area contributed by atoms with Crippen LogP contribution in [0.15, 0.2) is 12.2 Å². The van der Waals surface area contributed by atoms with Crippen molar-refractivity contribution >= 4 is 0 Å². The summed E-state index contributed by atoms with van der Waals surface area (Å²) in [6.07, 6.45) is 9.45. The van der Waals surface area contributed by atoms with E-state index >= 15 is 0 Å². The van der Waals surface area contributed by atoms with Crippen molar-refractivity contribution < 1.29 is 0 Å². The van der Waals surface area contributed by atoms with E-state index in [2.05, 4.69) is 29.3 Å². The fourth-order valence-electron chi connectivity index (χ4n) is 1.62. The molecule has 1 nitrogen and oxygen atoms in total. The molecule has 0 bridgehead atoms. The maximum atomic E-state index is 3.45. The molecule has 1 aliphatic rings. The highest BCUT2D eigenvalue weighted by Crippen LogP contribution is 2.16. The summed E-state index contributed by atoms with van der Waals surface area (Å²) in [7, 11) is 0. The average molecular weight is 177 g/mol. The van der Waals surface area contributed by atoms with Crippen molar-refractivity contribution in [3.63, 3.8) is 0 Å². The van der Waals surface area contributed by atoms with E-state index in [1.165, 1.54) is 19.3 Å². The highest BCUT2D eigenvalue weighted by atomic mass is 14.8. The summed E-state index contributed by atoms with van der Waals surface area (Å²) in [5.41, 5.74) is 0. The Morgan fingerprint density at radius 1 is 1.46 bits per heavy atom. The van der Waals surface area contributed by atoms with Gasteiger partial charge >= 0.3 is 0 Å². The van der Waals surface area contributed by atoms with Crippen molar-refractivity contribution in [1.29, 1.82) is 0 Å². The molecule has 0 aromatic carbocycles. The maximum absolute atomic E-state index is 3.45. The lowest BCUT2D eigenvalue weighted by Gasteiger charge is -2.17. The standard InChI is InChI=1S/C12H19N/c1-2-3-7-10-13-11-12-8-5-4-6-9-12/h4-5,12-13H,6-11H2,1H3. The van der Waals surface area contributed by atoms with Gasteiger partial charge in [0.2, 0.25) is 0 Å². The molecule has 0 amide bonds. The zero-order valence-corrected chi connectivity index (χ0v) is 8.47. The van der Waals surface area contributed by atoms with Gasteiger partial charge in [0.1, 0.15) is 0 Å². The van der Waals surface area contributed by atoms with Crippen LogP contribution >= 0.6 is 0 Å². The van der Waals surface area contributed by atoms with Gasteiger partial charge in [-0.25, -0.2) is 0 Å². The smallest absolute Gasteiger partial charge is 0.0214 e. The van der Waals surface area contributed by atoms with Crippen molar-refractivity contribution in [2.24, 2.45) is 5.92 Å². The number of hydrogen-bond acceptors (Lipinski definition) is 1. The summed E-state index contributed by atoms with van der Waals surface area (Å²) in [5, 5.41) is 3.45. The van der Waals surface area contributed by atoms with Gasteiger partial charge in [-0.2, -0.15) is 0 Å². The van der Waals surface area contributed by atoms with Crippen LogP contribution in [-0.4, -0.2) is 13.1 Å². The fraction of sp³-hybridized carbons (Fsp3) is 0.667. The van der Waals surface area contributed by atoms with Gasteiger partial charge in [-0.15, -0.1) is 11.8 Å². The molecule has 1 N–H and O–H groups in total. The van der Waals surface area contributed by atoms with Crippen LogP contribution in [-0.2, 0) is 0 Å². The van der Waals surface area contributed by atoms with Crippen molar-refractivity contribution in [2.75, 3.05) is 13.1 Å². The first-order valence-electron chi connectivity index (χ1n) is 5.19. The molecule has 0 fully saturated rings. The molecule has 1 atom stereocenters. The third kappa shape index (κ3) is 4.75. The van der Waals surface area contributed by atoms with Crippen molar-refractivity contribution in [2.45, 2.75) is 32.6 Å². The lowest BCUT2D eigenvalue weighted by molar-refractivity contribution is 0.444. The minimum Gasteiger partial charge on any atom is -0.315 e. The first-order chi connectivity index (χ1) is 6.43. The Morgan fingerprint density at radius 2 is 2.38 bits per heavy atom. The van der Waals surface area contributed by atoms with E-state index in [9.17, 15) is 0 Å². The predicted octanol–water partition coefficient (Wildman–Crippen LogP) is 2.35. The van der Waals surface area contributed by atoms with Crippen molar-refractivity contribution in [1.82, 2.24) is 5.32 Å². The second kappa shape index (κ2) is 6.74. The van der Waals surface area contributed by atoms with Crippen LogP contribution in [0.2, 0.25) is 0 Å². The molecule has 1 aliphatic carbocycles. The number of rotatable bonds is 4. The SMILES string of the molecule is CC#CCCNCC1CC=CCC1. The van der Waals surface area contributed by atoms with Gasteiger partial charge in [-0.1, -0.05) is 12.2 Å². The second-order valence-corrected chi connectivity index (χ2v) is 3.53. The number of nitrogens with one attached hydrogen (secondary N) is 1. The first-order valence-corrected chi connectivity index (χ1v) is 5.19. The molecular weight excluding hydrogens is 158 g/mol. The number of hydrogen-bond donors (Lipinski definition) is 1. The Morgan fingerprint density at radius 3 is 3.08 bits per heavy atom. The molecule has 0 saturated heterocycles. The van der Waals surface area contributed by atoms with Crippen LogP contribution in [0.5, 0.6) is 0 Å². The van der Waals surface area contributed by atoms with Crippen molar-refractivity contribution in [3.05, 3.63) is 12.2 Å². The van der Waals surface area contributed by atoms with E-state index in [1.807, 2.05) is 6.92 Å². The molecule has 72 valence electrons. The van der Waals surface area contributed by atoms with Crippen LogP contribution in [0.3, 0.4) is 0 Å². The Balaban J connectivity index is 1.98. The number of allylic oxidation sites excluding steroid dienone is 2. The summed E-state index contributed by atoms with van der Waals surface area (Å²) in [5.74, 6) is 6.83. The summed E-state index contributed by atoms with van der Waals surface area (Å²) in [6, 6.07) is 0. The molecule has 0 saturated carbocycles. The molecule has 0 aromatic rings. The van der Waals surface area contributed by atoms with Gasteiger partial charge in [0.05, 0.1) is 0 Å². The van der Waals surface area contributed by atoms with Gasteiger partial charge in [0, 0.05) is 13.0 Å². The monoisotopic (exact) mass is 177 g/mol. The fourth-order valence-corrected chi connectivity index (χ4v) is 1.62. The van der Waals surface area contributed by atoms with E-state index < -0.39 is 0 Å². The molecule has 0 aliphatic heterocycles. The van der Waals surface area contributed by atoms with Gasteiger partial charge in [-0.05, 0) is 38.6 Å². The van der Waals surface area contributed by atoms with E-state index in [0.29, 0.717) is 0 Å². The van der Waals surface area contributed by atoms with Gasteiger partial charge < -0.3 is 5.32 Å². The zero-order valence-electron chi connectivity index (χ0n) is 8.47. The Kier molecular flexibility index (Phi) is 5.36. The molecule has 0 radical (unpaired) electrons. The molecule has 1 unspecified atom stereocenters. The lowest BCUT2D eigenvalue weighted by atomic mass is 9.94. The van der Waals surface area contributed by atoms with Gasteiger partial charge in [0.15, 0.2) is 0 Å². The lowest BCUT2D eigenvalue weighted by Crippen LogP contribution is -2.24. The third-order valence-corrected chi connectivity index (χ3v) is 2.41. The van der Waals surface area contributed by atoms with Crippen molar-refractivity contribution in [3.8, 4) is 11.8 Å². The quantitative estimate of drug-likeness (QED) is 0.395. The van der Waals surface area contributed by atoms with E-state index in [-0.39, 0.29) is 0 Å². The molecule has 0 aromatic heterocycles. The Labute approximate surface area is 81.6 Å². The topological polar surface area (TPSA) is 12.0 Å². The summed E-state index contributed by atoms with van der Waals surface area (Å²) < 4.78 is 0. The molecule has 13 heavy (non-hydrogen) atoms. The third-order valence-electron chi connectivity index (χ3n) is 2.41. The molecule has 1 rings (SSSR count). The summed E-state index contributed by atoms with van der Waals surface area (Å²) in [4.78, 5) is 0. The normalized spacial score (nSPS) is 20.8. The van der Waals surface area contributed by atoms with Crippen LogP contribution in [0.25, 0.3) is 0 Å². The van der Waals surface area contributed by atoms with E-state index in [4.69, 9.17) is 0 Å². The predicted molar refractivity (Wildman–Crippen MR) is 57.4 cm³/mol. The Hall–Kier alpha value is -0.740. The molecular formula is C12H19N.